The Balaban J connectivity index is 1.47. The van der Waals surface area contributed by atoms with Crippen LogP contribution in [0.1, 0.15) is 60.9 Å². The van der Waals surface area contributed by atoms with Gasteiger partial charge in [0.15, 0.2) is 17.5 Å². The Labute approximate surface area is 173 Å². The molecule has 0 amide bonds. The molecule has 0 radical (unpaired) electrons. The van der Waals surface area contributed by atoms with Crippen molar-refractivity contribution in [3.05, 3.63) is 77.1 Å². The maximum Gasteiger partial charge on any atom is 0.343 e. The van der Waals surface area contributed by atoms with Crippen molar-refractivity contribution in [2.75, 3.05) is 0 Å². The summed E-state index contributed by atoms with van der Waals surface area (Å²) in [5.41, 5.74) is 1.64. The van der Waals surface area contributed by atoms with Gasteiger partial charge in [-0.3, -0.25) is 0 Å². The molecule has 30 heavy (non-hydrogen) atoms. The van der Waals surface area contributed by atoms with Crippen LogP contribution in [0.25, 0.3) is 10.8 Å². The number of ether oxygens (including phenoxy) is 1. The van der Waals surface area contributed by atoms with Crippen molar-refractivity contribution < 1.29 is 22.7 Å². The molecule has 0 bridgehead atoms. The maximum atomic E-state index is 13.8. The van der Waals surface area contributed by atoms with Crippen molar-refractivity contribution in [3.63, 3.8) is 0 Å². The van der Waals surface area contributed by atoms with Crippen molar-refractivity contribution in [3.8, 4) is 5.75 Å². The molecule has 0 aliphatic heterocycles. The summed E-state index contributed by atoms with van der Waals surface area (Å²) in [5.74, 6) is -3.12. The fourth-order valence-corrected chi connectivity index (χ4v) is 4.31. The van der Waals surface area contributed by atoms with Crippen LogP contribution in [-0.2, 0) is 0 Å². The SMILES string of the molecule is CCC1CCC(c2ccc(C(=O)Oc3ccc4c(F)c(F)c(F)cc4c3)cc2)CC1. The Kier molecular flexibility index (Phi) is 5.80. The number of rotatable bonds is 4. The first-order valence-corrected chi connectivity index (χ1v) is 10.4. The second kappa shape index (κ2) is 8.50. The largest absolute Gasteiger partial charge is 0.423 e. The van der Waals surface area contributed by atoms with Crippen molar-refractivity contribution in [2.45, 2.75) is 44.9 Å². The summed E-state index contributed by atoms with van der Waals surface area (Å²) < 4.78 is 46.0. The number of hydrogen-bond donors (Lipinski definition) is 0. The monoisotopic (exact) mass is 412 g/mol. The summed E-state index contributed by atoms with van der Waals surface area (Å²) in [6, 6.07) is 12.3. The molecule has 1 aliphatic carbocycles. The van der Waals surface area contributed by atoms with Gasteiger partial charge in [-0.15, -0.1) is 0 Å². The van der Waals surface area contributed by atoms with Gasteiger partial charge in [-0.25, -0.2) is 18.0 Å². The standard InChI is InChI=1S/C25H23F3O2/c1-2-15-3-5-16(6-4-15)17-7-9-18(10-8-17)25(29)30-20-11-12-21-19(13-20)14-22(26)24(28)23(21)27/h7-16H,2-6H2,1H3. The van der Waals surface area contributed by atoms with Crippen LogP contribution < -0.4 is 4.74 Å². The minimum absolute atomic E-state index is 0.0733. The molecule has 0 aromatic heterocycles. The first kappa shape index (κ1) is 20.5. The molecular weight excluding hydrogens is 389 g/mol. The smallest absolute Gasteiger partial charge is 0.343 e. The normalized spacial score (nSPS) is 19.1. The lowest BCUT2D eigenvalue weighted by molar-refractivity contribution is 0.0735. The number of halogens is 3. The quantitative estimate of drug-likeness (QED) is 0.258. The number of benzene rings is 3. The Morgan fingerprint density at radius 2 is 1.63 bits per heavy atom. The summed E-state index contributed by atoms with van der Waals surface area (Å²) in [5, 5.41) is 0.0468. The predicted molar refractivity (Wildman–Crippen MR) is 110 cm³/mol. The Hall–Kier alpha value is -2.82. The van der Waals surface area contributed by atoms with Gasteiger partial charge in [0.05, 0.1) is 5.56 Å². The molecule has 0 atom stereocenters. The minimum atomic E-state index is -1.52. The van der Waals surface area contributed by atoms with Gasteiger partial charge in [-0.1, -0.05) is 25.5 Å². The molecule has 0 saturated heterocycles. The van der Waals surface area contributed by atoms with Crippen molar-refractivity contribution >= 4 is 16.7 Å². The molecule has 0 spiro atoms. The third-order valence-corrected chi connectivity index (χ3v) is 6.20. The van der Waals surface area contributed by atoms with Crippen molar-refractivity contribution in [1.29, 1.82) is 0 Å². The van der Waals surface area contributed by atoms with Gasteiger partial charge in [0.2, 0.25) is 0 Å². The highest BCUT2D eigenvalue weighted by Crippen LogP contribution is 2.37. The maximum absolute atomic E-state index is 13.8. The number of hydrogen-bond acceptors (Lipinski definition) is 2. The summed E-state index contributed by atoms with van der Waals surface area (Å²) in [4.78, 5) is 12.5. The molecule has 1 aliphatic rings. The summed E-state index contributed by atoms with van der Waals surface area (Å²) in [6.07, 6.45) is 6.08. The zero-order chi connectivity index (χ0) is 21.3. The Morgan fingerprint density at radius 3 is 2.30 bits per heavy atom. The molecular formula is C25H23F3O2. The van der Waals surface area contributed by atoms with Gasteiger partial charge in [0.1, 0.15) is 5.75 Å². The predicted octanol–water partition coefficient (Wildman–Crippen LogP) is 7.16. The van der Waals surface area contributed by atoms with Crippen LogP contribution >= 0.6 is 0 Å². The van der Waals surface area contributed by atoms with Gasteiger partial charge in [0, 0.05) is 5.39 Å². The van der Waals surface area contributed by atoms with Gasteiger partial charge >= 0.3 is 5.97 Å². The van der Waals surface area contributed by atoms with Crippen LogP contribution in [0.2, 0.25) is 0 Å². The molecule has 0 N–H and O–H groups in total. The molecule has 4 rings (SSSR count). The van der Waals surface area contributed by atoms with Gasteiger partial charge in [-0.2, -0.15) is 0 Å². The van der Waals surface area contributed by atoms with Crippen LogP contribution in [0, 0.1) is 23.4 Å². The molecule has 0 unspecified atom stereocenters. The molecule has 1 fully saturated rings. The summed E-state index contributed by atoms with van der Waals surface area (Å²) in [7, 11) is 0. The average Bonchev–Trinajstić information content (AvgIpc) is 2.77. The summed E-state index contributed by atoms with van der Waals surface area (Å²) >= 11 is 0. The molecule has 0 heterocycles. The van der Waals surface area contributed by atoms with Crippen LogP contribution in [0.5, 0.6) is 5.75 Å². The average molecular weight is 412 g/mol. The molecule has 3 aromatic carbocycles. The van der Waals surface area contributed by atoms with E-state index >= 15 is 0 Å². The van der Waals surface area contributed by atoms with E-state index in [1.165, 1.54) is 55.9 Å². The van der Waals surface area contributed by atoms with E-state index in [4.69, 9.17) is 4.74 Å². The lowest BCUT2D eigenvalue weighted by Gasteiger charge is -2.28. The molecule has 3 aromatic rings. The van der Waals surface area contributed by atoms with Crippen LogP contribution in [0.15, 0.2) is 48.5 Å². The highest BCUT2D eigenvalue weighted by atomic mass is 19.2. The summed E-state index contributed by atoms with van der Waals surface area (Å²) in [6.45, 7) is 2.24. The van der Waals surface area contributed by atoms with Crippen LogP contribution in [0.4, 0.5) is 13.2 Å². The van der Waals surface area contributed by atoms with Crippen molar-refractivity contribution in [2.24, 2.45) is 5.92 Å². The van der Waals surface area contributed by atoms with E-state index in [-0.39, 0.29) is 16.5 Å². The highest BCUT2D eigenvalue weighted by Gasteiger charge is 2.21. The van der Waals surface area contributed by atoms with Crippen molar-refractivity contribution in [1.82, 2.24) is 0 Å². The fourth-order valence-electron chi connectivity index (χ4n) is 4.31. The number of esters is 1. The minimum Gasteiger partial charge on any atom is -0.423 e. The van der Waals surface area contributed by atoms with Crippen LogP contribution in [-0.4, -0.2) is 5.97 Å². The second-order valence-corrected chi connectivity index (χ2v) is 8.01. The van der Waals surface area contributed by atoms with E-state index in [2.05, 4.69) is 6.92 Å². The van der Waals surface area contributed by atoms with E-state index in [0.717, 1.165) is 12.0 Å². The zero-order valence-electron chi connectivity index (χ0n) is 16.8. The van der Waals surface area contributed by atoms with Gasteiger partial charge in [0.25, 0.3) is 0 Å². The van der Waals surface area contributed by atoms with E-state index in [0.29, 0.717) is 11.5 Å². The van der Waals surface area contributed by atoms with Crippen LogP contribution in [0.3, 0.4) is 0 Å². The lowest BCUT2D eigenvalue weighted by Crippen LogP contribution is -2.13. The lowest BCUT2D eigenvalue weighted by atomic mass is 9.78. The third kappa shape index (κ3) is 4.07. The van der Waals surface area contributed by atoms with E-state index in [1.807, 2.05) is 12.1 Å². The molecule has 156 valence electrons. The number of carbonyl (C=O) groups excluding carboxylic acids is 1. The number of carbonyl (C=O) groups is 1. The topological polar surface area (TPSA) is 26.3 Å². The third-order valence-electron chi connectivity index (χ3n) is 6.20. The first-order valence-electron chi connectivity index (χ1n) is 10.4. The van der Waals surface area contributed by atoms with E-state index in [9.17, 15) is 18.0 Å². The Morgan fingerprint density at radius 1 is 0.933 bits per heavy atom. The first-order chi connectivity index (χ1) is 14.5. The number of fused-ring (bicyclic) bond motifs is 1. The second-order valence-electron chi connectivity index (χ2n) is 8.01. The van der Waals surface area contributed by atoms with E-state index in [1.54, 1.807) is 12.1 Å². The highest BCUT2D eigenvalue weighted by molar-refractivity contribution is 5.92. The molecule has 2 nitrogen and oxygen atoms in total. The Bertz CT molecular complexity index is 1070. The molecule has 5 heteroatoms. The van der Waals surface area contributed by atoms with Gasteiger partial charge < -0.3 is 4.74 Å². The zero-order valence-corrected chi connectivity index (χ0v) is 16.8. The van der Waals surface area contributed by atoms with E-state index < -0.39 is 23.4 Å². The van der Waals surface area contributed by atoms with Gasteiger partial charge in [-0.05, 0) is 84.9 Å². The fraction of sp³-hybridized carbons (Fsp3) is 0.320. The molecule has 1 saturated carbocycles.